The zero-order valence-corrected chi connectivity index (χ0v) is 16.7. The average Bonchev–Trinajstić information content (AvgIpc) is 3.19. The number of methoxy groups -OCH3 is 1. The molecule has 1 unspecified atom stereocenters. The monoisotopic (exact) mass is 375 g/mol. The van der Waals surface area contributed by atoms with Gasteiger partial charge in [0.15, 0.2) is 0 Å². The average molecular weight is 376 g/mol. The zero-order chi connectivity index (χ0) is 19.5. The van der Waals surface area contributed by atoms with Gasteiger partial charge in [-0.15, -0.1) is 0 Å². The smallest absolute Gasteiger partial charge is 0.328 e. The van der Waals surface area contributed by atoms with Crippen molar-refractivity contribution in [2.75, 3.05) is 20.3 Å². The van der Waals surface area contributed by atoms with Crippen LogP contribution in [0, 0.1) is 0 Å². The maximum Gasteiger partial charge on any atom is 0.328 e. The molecular weight excluding hydrogens is 342 g/mol. The summed E-state index contributed by atoms with van der Waals surface area (Å²) in [5.74, 6) is 0.0918. The van der Waals surface area contributed by atoms with Crippen LogP contribution < -0.4 is 4.74 Å². The van der Waals surface area contributed by atoms with E-state index >= 15 is 0 Å². The van der Waals surface area contributed by atoms with Gasteiger partial charge in [-0.3, -0.25) is 4.79 Å². The number of benzene rings is 1. The third kappa shape index (κ3) is 6.26. The molecule has 1 heterocycles. The van der Waals surface area contributed by atoms with Crippen molar-refractivity contribution in [3.05, 3.63) is 29.8 Å². The van der Waals surface area contributed by atoms with Crippen LogP contribution in [-0.4, -0.2) is 43.1 Å². The van der Waals surface area contributed by atoms with E-state index in [9.17, 15) is 9.59 Å². The van der Waals surface area contributed by atoms with Crippen molar-refractivity contribution >= 4 is 11.9 Å². The maximum atomic E-state index is 12.9. The molecule has 5 heteroatoms. The van der Waals surface area contributed by atoms with Gasteiger partial charge in [0, 0.05) is 6.54 Å². The van der Waals surface area contributed by atoms with E-state index in [-0.39, 0.29) is 11.9 Å². The fraction of sp³-hybridized carbons (Fsp3) is 0.636. The van der Waals surface area contributed by atoms with Crippen molar-refractivity contribution in [1.82, 2.24) is 4.90 Å². The van der Waals surface area contributed by atoms with Crippen LogP contribution in [0.4, 0.5) is 0 Å². The SMILES string of the molecule is CCCCCCCCCOC(=O)C1CCCN1C(=O)c1ccccc1OC. The van der Waals surface area contributed by atoms with E-state index in [0.717, 1.165) is 19.3 Å². The Bertz CT molecular complexity index is 602. The molecule has 0 spiro atoms. The van der Waals surface area contributed by atoms with Gasteiger partial charge < -0.3 is 14.4 Å². The Morgan fingerprint density at radius 1 is 1.07 bits per heavy atom. The van der Waals surface area contributed by atoms with Gasteiger partial charge in [0.05, 0.1) is 19.3 Å². The Hall–Kier alpha value is -2.04. The summed E-state index contributed by atoms with van der Waals surface area (Å²) in [6.07, 6.45) is 9.75. The maximum absolute atomic E-state index is 12.9. The molecule has 1 fully saturated rings. The van der Waals surface area contributed by atoms with Crippen LogP contribution in [0.3, 0.4) is 0 Å². The van der Waals surface area contributed by atoms with Crippen molar-refractivity contribution in [2.45, 2.75) is 70.8 Å². The van der Waals surface area contributed by atoms with Crippen molar-refractivity contribution < 1.29 is 19.1 Å². The third-order valence-electron chi connectivity index (χ3n) is 5.12. The molecule has 1 aromatic carbocycles. The Kier molecular flexibility index (Phi) is 9.16. The lowest BCUT2D eigenvalue weighted by molar-refractivity contribution is -0.148. The van der Waals surface area contributed by atoms with Gasteiger partial charge in [-0.2, -0.15) is 0 Å². The molecule has 0 N–H and O–H groups in total. The van der Waals surface area contributed by atoms with E-state index in [1.807, 2.05) is 6.07 Å². The summed E-state index contributed by atoms with van der Waals surface area (Å²) >= 11 is 0. The molecule has 0 aliphatic carbocycles. The second-order valence-corrected chi connectivity index (χ2v) is 7.15. The second-order valence-electron chi connectivity index (χ2n) is 7.15. The molecule has 1 atom stereocenters. The van der Waals surface area contributed by atoms with Gasteiger partial charge >= 0.3 is 5.97 Å². The van der Waals surface area contributed by atoms with Crippen LogP contribution in [-0.2, 0) is 9.53 Å². The van der Waals surface area contributed by atoms with E-state index < -0.39 is 6.04 Å². The minimum Gasteiger partial charge on any atom is -0.496 e. The molecule has 150 valence electrons. The van der Waals surface area contributed by atoms with Crippen LogP contribution in [0.1, 0.15) is 75.1 Å². The summed E-state index contributed by atoms with van der Waals surface area (Å²) in [6.45, 7) is 3.23. The highest BCUT2D eigenvalue weighted by Crippen LogP contribution is 2.25. The van der Waals surface area contributed by atoms with E-state index in [1.54, 1.807) is 30.2 Å². The Morgan fingerprint density at radius 2 is 1.78 bits per heavy atom. The lowest BCUT2D eigenvalue weighted by Crippen LogP contribution is -2.41. The predicted molar refractivity (Wildman–Crippen MR) is 106 cm³/mol. The van der Waals surface area contributed by atoms with Gasteiger partial charge in [-0.1, -0.05) is 57.6 Å². The number of likely N-dealkylation sites (tertiary alicyclic amines) is 1. The van der Waals surface area contributed by atoms with Crippen molar-refractivity contribution in [3.63, 3.8) is 0 Å². The zero-order valence-electron chi connectivity index (χ0n) is 16.7. The molecule has 27 heavy (non-hydrogen) atoms. The number of amides is 1. The number of hydrogen-bond acceptors (Lipinski definition) is 4. The fourth-order valence-electron chi connectivity index (χ4n) is 3.56. The Morgan fingerprint density at radius 3 is 2.52 bits per heavy atom. The van der Waals surface area contributed by atoms with Crippen molar-refractivity contribution in [1.29, 1.82) is 0 Å². The first-order valence-electron chi connectivity index (χ1n) is 10.3. The number of unbranched alkanes of at least 4 members (excludes halogenated alkanes) is 6. The number of nitrogens with zero attached hydrogens (tertiary/aromatic N) is 1. The Labute approximate surface area is 163 Å². The van der Waals surface area contributed by atoms with Gasteiger partial charge in [0.2, 0.25) is 0 Å². The lowest BCUT2D eigenvalue weighted by atomic mass is 10.1. The van der Waals surface area contributed by atoms with Gasteiger partial charge in [0.1, 0.15) is 11.8 Å². The van der Waals surface area contributed by atoms with Gasteiger partial charge in [-0.25, -0.2) is 4.79 Å². The van der Waals surface area contributed by atoms with Crippen molar-refractivity contribution in [2.24, 2.45) is 0 Å². The molecule has 1 aromatic rings. The predicted octanol–water partition coefficient (Wildman–Crippen LogP) is 4.59. The standard InChI is InChI=1S/C22H33NO4/c1-3-4-5-6-7-8-11-17-27-22(25)19-14-12-16-23(19)21(24)18-13-9-10-15-20(18)26-2/h9-10,13,15,19H,3-8,11-12,14,16-17H2,1-2H3. The molecule has 5 nitrogen and oxygen atoms in total. The van der Waals surface area contributed by atoms with Crippen molar-refractivity contribution in [3.8, 4) is 5.75 Å². The number of rotatable bonds is 11. The summed E-state index contributed by atoms with van der Waals surface area (Å²) in [5.41, 5.74) is 0.492. The van der Waals surface area contributed by atoms with Gasteiger partial charge in [0.25, 0.3) is 5.91 Å². The van der Waals surface area contributed by atoms with Gasteiger partial charge in [-0.05, 0) is 31.4 Å². The van der Waals surface area contributed by atoms with Crippen LogP contribution in [0.5, 0.6) is 5.75 Å². The molecular formula is C22H33NO4. The molecule has 1 aliphatic heterocycles. The van der Waals surface area contributed by atoms with E-state index in [1.165, 1.54) is 32.1 Å². The first-order valence-corrected chi connectivity index (χ1v) is 10.3. The number of ether oxygens (including phenoxy) is 2. The van der Waals surface area contributed by atoms with Crippen LogP contribution >= 0.6 is 0 Å². The topological polar surface area (TPSA) is 55.8 Å². The first kappa shape index (κ1) is 21.3. The number of carbonyl (C=O) groups is 2. The first-order chi connectivity index (χ1) is 13.2. The second kappa shape index (κ2) is 11.6. The minimum atomic E-state index is -0.480. The highest BCUT2D eigenvalue weighted by atomic mass is 16.5. The van der Waals surface area contributed by atoms with E-state index in [2.05, 4.69) is 6.92 Å². The molecule has 1 aliphatic rings. The number of hydrogen-bond donors (Lipinski definition) is 0. The number of esters is 1. The number of carbonyl (C=O) groups excluding carboxylic acids is 2. The Balaban J connectivity index is 1.79. The fourth-order valence-corrected chi connectivity index (χ4v) is 3.56. The summed E-state index contributed by atoms with van der Waals surface area (Å²) in [6, 6.07) is 6.65. The largest absolute Gasteiger partial charge is 0.496 e. The van der Waals surface area contributed by atoms with Crippen LogP contribution in [0.15, 0.2) is 24.3 Å². The highest BCUT2D eigenvalue weighted by molar-refractivity contribution is 5.99. The van der Waals surface area contributed by atoms with E-state index in [0.29, 0.717) is 30.9 Å². The summed E-state index contributed by atoms with van der Waals surface area (Å²) < 4.78 is 10.7. The van der Waals surface area contributed by atoms with E-state index in [4.69, 9.17) is 9.47 Å². The summed E-state index contributed by atoms with van der Waals surface area (Å²) in [7, 11) is 1.55. The van der Waals surface area contributed by atoms with Crippen LogP contribution in [0.2, 0.25) is 0 Å². The quantitative estimate of drug-likeness (QED) is 0.419. The van der Waals surface area contributed by atoms with Crippen LogP contribution in [0.25, 0.3) is 0 Å². The third-order valence-corrected chi connectivity index (χ3v) is 5.12. The lowest BCUT2D eigenvalue weighted by Gasteiger charge is -2.24. The number of para-hydroxylation sites is 1. The normalized spacial score (nSPS) is 16.4. The summed E-state index contributed by atoms with van der Waals surface area (Å²) in [5, 5.41) is 0. The molecule has 0 saturated carbocycles. The summed E-state index contributed by atoms with van der Waals surface area (Å²) in [4.78, 5) is 27.0. The molecule has 0 aromatic heterocycles. The minimum absolute atomic E-state index is 0.164. The molecule has 2 rings (SSSR count). The highest BCUT2D eigenvalue weighted by Gasteiger charge is 2.36. The molecule has 0 bridgehead atoms. The molecule has 0 radical (unpaired) electrons. The molecule has 1 amide bonds. The molecule has 1 saturated heterocycles.